The third kappa shape index (κ3) is 8.46. The van der Waals surface area contributed by atoms with E-state index in [4.69, 9.17) is 4.99 Å². The number of hydrogen-bond acceptors (Lipinski definition) is 3. The fraction of sp³-hybridized carbons (Fsp3) is 0.318. The quantitative estimate of drug-likeness (QED) is 0.195. The summed E-state index contributed by atoms with van der Waals surface area (Å²) >= 11 is 3.59. The van der Waals surface area contributed by atoms with Crippen LogP contribution in [0.25, 0.3) is 0 Å². The molecule has 132 valence electrons. The van der Waals surface area contributed by atoms with E-state index in [1.165, 1.54) is 36.1 Å². The molecule has 0 radical (unpaired) electrons. The Labute approximate surface area is 161 Å². The Morgan fingerprint density at radius 2 is 1.72 bits per heavy atom. The summed E-state index contributed by atoms with van der Waals surface area (Å²) in [6, 6.07) is 18.9. The highest BCUT2D eigenvalue weighted by Crippen LogP contribution is 2.22. The number of rotatable bonds is 9. The topological polar surface area (TPSA) is 12.4 Å². The monoisotopic (exact) mass is 369 g/mol. The zero-order chi connectivity index (χ0) is 17.7. The molecule has 0 aliphatic rings. The summed E-state index contributed by atoms with van der Waals surface area (Å²) in [6.07, 6.45) is 7.31. The van der Waals surface area contributed by atoms with Crippen LogP contribution in [0.2, 0.25) is 0 Å². The van der Waals surface area contributed by atoms with Gasteiger partial charge in [-0.2, -0.15) is 0 Å². The molecule has 2 aromatic carbocycles. The Hall–Kier alpha value is -1.45. The normalized spacial score (nSPS) is 12.0. The summed E-state index contributed by atoms with van der Waals surface area (Å²) in [5.41, 5.74) is 2.29. The van der Waals surface area contributed by atoms with Gasteiger partial charge in [0.1, 0.15) is 0 Å². The molecule has 0 N–H and O–H groups in total. The van der Waals surface area contributed by atoms with Crippen molar-refractivity contribution >= 4 is 34.3 Å². The maximum Gasteiger partial charge on any atom is 0.0972 e. The number of unbranched alkanes of at least 4 members (excludes halogenated alkanes) is 3. The predicted molar refractivity (Wildman–Crippen MR) is 116 cm³/mol. The standard InChI is InChI=1S/C22H27NS2/c1-3-4-5-9-17-25-22(23-20-14-12-19(2)13-15-20)16-18-24-21-10-7-6-8-11-21/h6-8,10-16,18H,3-5,9,17H2,1-2H3. The summed E-state index contributed by atoms with van der Waals surface area (Å²) in [5.74, 6) is 1.13. The van der Waals surface area contributed by atoms with Crippen LogP contribution in [0.5, 0.6) is 0 Å². The minimum atomic E-state index is 1.02. The van der Waals surface area contributed by atoms with Crippen molar-refractivity contribution in [1.29, 1.82) is 0 Å². The Balaban J connectivity index is 1.98. The van der Waals surface area contributed by atoms with Gasteiger partial charge in [-0.15, -0.1) is 11.8 Å². The van der Waals surface area contributed by atoms with E-state index in [1.54, 1.807) is 11.8 Å². The van der Waals surface area contributed by atoms with Crippen molar-refractivity contribution in [2.24, 2.45) is 4.99 Å². The van der Waals surface area contributed by atoms with Crippen LogP contribution < -0.4 is 0 Å². The molecule has 0 fully saturated rings. The minimum Gasteiger partial charge on any atom is -0.242 e. The third-order valence-corrected chi connectivity index (χ3v) is 5.51. The van der Waals surface area contributed by atoms with Gasteiger partial charge >= 0.3 is 0 Å². The Bertz CT molecular complexity index is 660. The van der Waals surface area contributed by atoms with Crippen molar-refractivity contribution in [2.45, 2.75) is 44.4 Å². The second-order valence-electron chi connectivity index (χ2n) is 5.93. The molecule has 2 aromatic rings. The van der Waals surface area contributed by atoms with Gasteiger partial charge in [0.15, 0.2) is 0 Å². The first-order valence-electron chi connectivity index (χ1n) is 8.94. The summed E-state index contributed by atoms with van der Waals surface area (Å²) in [7, 11) is 0. The SMILES string of the molecule is CCCCCCSC(C=CSc1ccccc1)=Nc1ccc(C)cc1. The van der Waals surface area contributed by atoms with Crippen LogP contribution in [-0.4, -0.2) is 10.8 Å². The van der Waals surface area contributed by atoms with Crippen LogP contribution in [-0.2, 0) is 0 Å². The number of nitrogens with zero attached hydrogens (tertiary/aromatic N) is 1. The second-order valence-corrected chi connectivity index (χ2v) is 8.02. The highest BCUT2D eigenvalue weighted by molar-refractivity contribution is 8.14. The lowest BCUT2D eigenvalue weighted by molar-refractivity contribution is 0.707. The van der Waals surface area contributed by atoms with Crippen molar-refractivity contribution in [1.82, 2.24) is 0 Å². The van der Waals surface area contributed by atoms with Crippen molar-refractivity contribution in [3.05, 3.63) is 71.6 Å². The molecule has 0 aromatic heterocycles. The van der Waals surface area contributed by atoms with Gasteiger partial charge in [-0.3, -0.25) is 0 Å². The number of aliphatic imine (C=N–C) groups is 1. The molecular weight excluding hydrogens is 342 g/mol. The van der Waals surface area contributed by atoms with E-state index in [1.807, 2.05) is 17.8 Å². The molecule has 0 heterocycles. The van der Waals surface area contributed by atoms with Crippen LogP contribution in [0.4, 0.5) is 5.69 Å². The fourth-order valence-corrected chi connectivity index (χ4v) is 3.89. The molecule has 1 nitrogen and oxygen atoms in total. The Morgan fingerprint density at radius 1 is 0.960 bits per heavy atom. The summed E-state index contributed by atoms with van der Waals surface area (Å²) in [5, 5.41) is 3.23. The first-order valence-corrected chi connectivity index (χ1v) is 10.8. The van der Waals surface area contributed by atoms with Gasteiger partial charge in [-0.1, -0.05) is 73.8 Å². The summed E-state index contributed by atoms with van der Waals surface area (Å²) in [6.45, 7) is 4.36. The average Bonchev–Trinajstić information content (AvgIpc) is 2.64. The van der Waals surface area contributed by atoms with E-state index >= 15 is 0 Å². The molecule has 25 heavy (non-hydrogen) atoms. The fourth-order valence-electron chi connectivity index (χ4n) is 2.24. The molecule has 0 saturated carbocycles. The lowest BCUT2D eigenvalue weighted by Gasteiger charge is -2.03. The molecule has 3 heteroatoms. The zero-order valence-corrected chi connectivity index (χ0v) is 16.8. The van der Waals surface area contributed by atoms with Gasteiger partial charge in [0.25, 0.3) is 0 Å². The van der Waals surface area contributed by atoms with Crippen LogP contribution in [0.3, 0.4) is 0 Å². The Morgan fingerprint density at radius 3 is 2.44 bits per heavy atom. The molecule has 2 rings (SSSR count). The van der Waals surface area contributed by atoms with Crippen molar-refractivity contribution < 1.29 is 0 Å². The highest BCUT2D eigenvalue weighted by atomic mass is 32.2. The van der Waals surface area contributed by atoms with Gasteiger partial charge in [0.05, 0.1) is 10.7 Å². The summed E-state index contributed by atoms with van der Waals surface area (Å²) < 4.78 is 0. The highest BCUT2D eigenvalue weighted by Gasteiger charge is 1.99. The average molecular weight is 370 g/mol. The van der Waals surface area contributed by atoms with Crippen LogP contribution in [0.1, 0.15) is 38.2 Å². The van der Waals surface area contributed by atoms with E-state index in [9.17, 15) is 0 Å². The smallest absolute Gasteiger partial charge is 0.0972 e. The Kier molecular flexibility index (Phi) is 9.53. The molecule has 0 spiro atoms. The van der Waals surface area contributed by atoms with Crippen molar-refractivity contribution in [3.63, 3.8) is 0 Å². The molecule has 0 atom stereocenters. The van der Waals surface area contributed by atoms with Gasteiger partial charge in [-0.25, -0.2) is 4.99 Å². The molecule has 0 amide bonds. The van der Waals surface area contributed by atoms with Gasteiger partial charge < -0.3 is 0 Å². The molecule has 0 saturated heterocycles. The second kappa shape index (κ2) is 12.0. The van der Waals surface area contributed by atoms with Gasteiger partial charge in [0.2, 0.25) is 0 Å². The van der Waals surface area contributed by atoms with E-state index < -0.39 is 0 Å². The lowest BCUT2D eigenvalue weighted by atomic mass is 10.2. The summed E-state index contributed by atoms with van der Waals surface area (Å²) in [4.78, 5) is 6.08. The molecular formula is C22H27NS2. The number of hydrogen-bond donors (Lipinski definition) is 0. The van der Waals surface area contributed by atoms with E-state index in [0.717, 1.165) is 16.5 Å². The first kappa shape index (κ1) is 19.9. The van der Waals surface area contributed by atoms with E-state index in [2.05, 4.69) is 73.9 Å². The van der Waals surface area contributed by atoms with Crippen LogP contribution >= 0.6 is 23.5 Å². The lowest BCUT2D eigenvalue weighted by Crippen LogP contribution is -1.90. The largest absolute Gasteiger partial charge is 0.242 e. The van der Waals surface area contributed by atoms with Gasteiger partial charge in [0, 0.05) is 4.90 Å². The maximum absolute atomic E-state index is 4.83. The van der Waals surface area contributed by atoms with Crippen LogP contribution in [0.15, 0.2) is 76.0 Å². The minimum absolute atomic E-state index is 1.02. The van der Waals surface area contributed by atoms with E-state index in [-0.39, 0.29) is 0 Å². The predicted octanol–water partition coefficient (Wildman–Crippen LogP) is 7.64. The molecule has 0 aliphatic heterocycles. The molecule has 0 bridgehead atoms. The third-order valence-electron chi connectivity index (χ3n) is 3.68. The first-order chi connectivity index (χ1) is 12.3. The number of thioether (sulfide) groups is 2. The molecule has 0 aliphatic carbocycles. The van der Waals surface area contributed by atoms with Crippen LogP contribution in [0, 0.1) is 6.92 Å². The molecule has 0 unspecified atom stereocenters. The van der Waals surface area contributed by atoms with E-state index in [0.29, 0.717) is 0 Å². The van der Waals surface area contributed by atoms with Crippen molar-refractivity contribution in [2.75, 3.05) is 5.75 Å². The van der Waals surface area contributed by atoms with Crippen molar-refractivity contribution in [3.8, 4) is 0 Å². The number of aryl methyl sites for hydroxylation is 1. The van der Waals surface area contributed by atoms with Gasteiger partial charge in [-0.05, 0) is 54.8 Å². The number of benzene rings is 2. The maximum atomic E-state index is 4.83. The zero-order valence-electron chi connectivity index (χ0n) is 15.2.